The van der Waals surface area contributed by atoms with Crippen LogP contribution in [-0.4, -0.2) is 233 Å². The van der Waals surface area contributed by atoms with Crippen molar-refractivity contribution in [1.29, 1.82) is 5.26 Å². The summed E-state index contributed by atoms with van der Waals surface area (Å²) in [5.74, 6) is -1.47. The Hall–Kier alpha value is -10.6. The lowest BCUT2D eigenvalue weighted by molar-refractivity contribution is -0.159. The molecular weight excluding hydrogens is 1490 g/mol. The molecule has 8 heterocycles. The van der Waals surface area contributed by atoms with Crippen LogP contribution in [0.2, 0.25) is 0 Å². The van der Waals surface area contributed by atoms with Gasteiger partial charge < -0.3 is 80.5 Å². The number of anilines is 4. The van der Waals surface area contributed by atoms with Crippen LogP contribution in [0.15, 0.2) is 120 Å². The van der Waals surface area contributed by atoms with Crippen LogP contribution in [0.25, 0.3) is 11.3 Å². The van der Waals surface area contributed by atoms with Crippen LogP contribution >= 0.6 is 0 Å². The highest BCUT2D eigenvalue weighted by molar-refractivity contribution is 6.13. The molecule has 8 N–H and O–H groups in total. The number of amides is 7. The third kappa shape index (κ3) is 20.9. The van der Waals surface area contributed by atoms with Crippen molar-refractivity contribution in [3.63, 3.8) is 0 Å². The second-order valence-corrected chi connectivity index (χ2v) is 33.0. The first kappa shape index (κ1) is 84.3. The maximum atomic E-state index is 14.6. The SMILES string of the molecule is CC(C)[C@@H](C(=O)N1C[C@H](O)C[C@H]1C(=O)N[C@@H](C)c1ccc(C#N)cc1)c1cc(OCCN2CCC(OC3CC(Oc4cc(N5[C@@H]6CC[C@@H]5CN(c5cc(-c7ccccc7OCc7ccc(NC(=O)[C@H](CCCCN(C)C)N(CCCCCNCCCN8C(=O)C=CC8=O)C(=O)C8(C(N)=O)CCC8)cc7)nnc5N)C6)ccn4)C3)CC2)no1. The number of unbranched alkanes of at least 4 members (excludes halogenated alkanes) is 3. The van der Waals surface area contributed by atoms with Crippen molar-refractivity contribution in [3.8, 4) is 34.8 Å². The first-order valence-electron chi connectivity index (χ1n) is 41.8. The number of likely N-dealkylation sites (tertiary alicyclic amines) is 2. The summed E-state index contributed by atoms with van der Waals surface area (Å²) in [6.07, 6.45) is 15.4. The fourth-order valence-electron chi connectivity index (χ4n) is 17.3. The zero-order valence-electron chi connectivity index (χ0n) is 67.9. The average molecular weight is 1600 g/mol. The number of nitriles is 1. The number of hydrogen-bond acceptors (Lipinski definition) is 24. The largest absolute Gasteiger partial charge is 0.488 e. The first-order chi connectivity index (χ1) is 56.6. The van der Waals surface area contributed by atoms with Gasteiger partial charge in [-0.25, -0.2) is 4.98 Å². The number of nitrogens with one attached hydrogen (secondary N) is 3. The minimum absolute atomic E-state index is 0.000734. The summed E-state index contributed by atoms with van der Waals surface area (Å²) in [4.78, 5) is 112. The van der Waals surface area contributed by atoms with Crippen LogP contribution in [0.5, 0.6) is 17.5 Å². The molecule has 30 nitrogen and oxygen atoms in total. The lowest BCUT2D eigenvalue weighted by atomic mass is 9.67. The first-order valence-corrected chi connectivity index (χ1v) is 41.8. The number of para-hydroxylation sites is 1. The van der Waals surface area contributed by atoms with Gasteiger partial charge in [-0.15, -0.1) is 10.2 Å². The molecule has 624 valence electrons. The number of rotatable bonds is 40. The number of ether oxygens (including phenoxy) is 4. The quantitative estimate of drug-likeness (QED) is 0.0120. The Morgan fingerprint density at radius 1 is 0.778 bits per heavy atom. The highest BCUT2D eigenvalue weighted by atomic mass is 16.5. The number of β-amino-alcohol motifs (C(OH)–C–C–N with tert-alkyl or cyclic N) is 1. The number of aromatic nitrogens is 4. The third-order valence-electron chi connectivity index (χ3n) is 24.1. The smallest absolute Gasteiger partial charge is 0.254 e. The molecule has 0 spiro atoms. The number of benzene rings is 3. The molecule has 6 fully saturated rings. The van der Waals surface area contributed by atoms with Gasteiger partial charge in [-0.05, 0) is 188 Å². The van der Waals surface area contributed by atoms with Crippen LogP contribution in [0.4, 0.5) is 22.9 Å². The van der Waals surface area contributed by atoms with E-state index < -0.39 is 35.4 Å². The van der Waals surface area contributed by atoms with Crippen molar-refractivity contribution in [2.75, 3.05) is 114 Å². The van der Waals surface area contributed by atoms with Crippen LogP contribution in [0.1, 0.15) is 164 Å². The molecule has 7 aliphatic rings. The molecule has 3 aromatic carbocycles. The molecule has 30 heteroatoms. The van der Waals surface area contributed by atoms with Crippen molar-refractivity contribution >= 4 is 64.2 Å². The number of hydrogen-bond donors (Lipinski definition) is 6. The summed E-state index contributed by atoms with van der Waals surface area (Å²) >= 11 is 0. The van der Waals surface area contributed by atoms with E-state index in [0.717, 1.165) is 119 Å². The summed E-state index contributed by atoms with van der Waals surface area (Å²) in [6, 6.07) is 30.3. The van der Waals surface area contributed by atoms with E-state index >= 15 is 0 Å². The minimum atomic E-state index is -1.34. The van der Waals surface area contributed by atoms with Gasteiger partial charge in [-0.2, -0.15) is 5.26 Å². The number of piperazine rings is 1. The summed E-state index contributed by atoms with van der Waals surface area (Å²) in [6.45, 7) is 12.8. The van der Waals surface area contributed by atoms with E-state index in [2.05, 4.69) is 74.1 Å². The molecule has 7 atom stereocenters. The highest BCUT2D eigenvalue weighted by Gasteiger charge is 2.53. The number of nitrogens with two attached hydrogens (primary N) is 2. The lowest BCUT2D eigenvalue weighted by Crippen LogP contribution is -2.59. The Kier molecular flexibility index (Phi) is 28.2. The molecule has 13 rings (SSSR count). The fraction of sp³-hybridized carbons (Fsp3) is 0.540. The number of nitrogen functional groups attached to an aromatic ring is 1. The second kappa shape index (κ2) is 39.1. The molecule has 0 radical (unpaired) electrons. The maximum absolute atomic E-state index is 14.6. The molecule has 6 aromatic rings. The monoisotopic (exact) mass is 1600 g/mol. The summed E-state index contributed by atoms with van der Waals surface area (Å²) in [5.41, 5.74) is 17.3. The van der Waals surface area contributed by atoms with Crippen molar-refractivity contribution in [2.24, 2.45) is 17.1 Å². The van der Waals surface area contributed by atoms with Gasteiger partial charge in [0, 0.05) is 131 Å². The Balaban J connectivity index is 0.544. The Morgan fingerprint density at radius 3 is 2.21 bits per heavy atom. The summed E-state index contributed by atoms with van der Waals surface area (Å²) in [7, 11) is 4.00. The zero-order chi connectivity index (χ0) is 82.3. The number of nitrogens with zero attached hydrogens (tertiary/aromatic N) is 12. The molecular formula is C87H113N17O13. The predicted molar refractivity (Wildman–Crippen MR) is 439 cm³/mol. The normalized spacial score (nSPS) is 21.2. The molecule has 2 bridgehead atoms. The van der Waals surface area contributed by atoms with Crippen molar-refractivity contribution in [2.45, 2.75) is 197 Å². The van der Waals surface area contributed by atoms with E-state index in [1.54, 1.807) is 35.2 Å². The van der Waals surface area contributed by atoms with E-state index in [4.69, 9.17) is 34.9 Å². The number of piperidine rings is 1. The minimum Gasteiger partial charge on any atom is -0.488 e. The van der Waals surface area contributed by atoms with Gasteiger partial charge in [0.15, 0.2) is 11.6 Å². The van der Waals surface area contributed by atoms with Gasteiger partial charge in [-0.3, -0.25) is 43.4 Å². The number of aliphatic hydroxyl groups excluding tert-OH is 1. The molecule has 3 aromatic heterocycles. The van der Waals surface area contributed by atoms with Crippen molar-refractivity contribution in [3.05, 3.63) is 138 Å². The van der Waals surface area contributed by atoms with Gasteiger partial charge >= 0.3 is 0 Å². The molecule has 2 aliphatic carbocycles. The summed E-state index contributed by atoms with van der Waals surface area (Å²) < 4.78 is 31.5. The number of imide groups is 1. The van der Waals surface area contributed by atoms with Gasteiger partial charge in [-0.1, -0.05) is 63.1 Å². The number of pyridine rings is 1. The van der Waals surface area contributed by atoms with E-state index in [9.17, 15) is 43.9 Å². The highest BCUT2D eigenvalue weighted by Crippen LogP contribution is 2.45. The van der Waals surface area contributed by atoms with Gasteiger partial charge in [0.05, 0.1) is 47.4 Å². The molecule has 0 unspecified atom stereocenters. The van der Waals surface area contributed by atoms with E-state index in [0.29, 0.717) is 118 Å². The Labute approximate surface area is 684 Å². The topological polar surface area (TPSA) is 376 Å². The average Bonchev–Trinajstić information content (AvgIpc) is 1.72. The number of aliphatic hydroxyl groups is 1. The van der Waals surface area contributed by atoms with Crippen LogP contribution in [0, 0.1) is 22.7 Å². The van der Waals surface area contributed by atoms with Gasteiger partial charge in [0.25, 0.3) is 17.7 Å². The standard InChI is InChI=1S/C87H113N17O13/c1-56(2)80(84(110)103-54-65(105)46-73(103)83(109)93-57(3)60-22-18-58(51-88)19-23-60)75-50-77(97-117-75)113-44-43-99-41-31-66(32-42-99)115-67-47-68(48-67)116-76-45-62(30-37-92-76)104-63-26-27-64(104)53-100(52-63)72-49-70(95-96-81(72)89)69-15-7-8-17-74(69)114-55-59-20-24-61(25-21-59)94-82(108)71(16-9-12-38-98(4)5)101(86(112)87(85(90)111)33-13-34-87)39-11-6-10-35-91-36-14-40-102-78(106)28-29-79(102)107/h7-8,15,17-25,28-30,37,45,49-50,56-57,63-68,71,73,80,91,105H,6,9-14,16,26-27,31-36,38-44,46-48,52-55H2,1-5H3,(H2,89,96)(H2,90,111)(H,93,109)(H,94,108)/t57-,63+,64+,65+,67?,68?,71-,73-,80+/m0/s1. The second-order valence-electron chi connectivity index (χ2n) is 33.0. The van der Waals surface area contributed by atoms with Crippen LogP contribution in [-0.2, 0) is 44.9 Å². The fourth-order valence-corrected chi connectivity index (χ4v) is 17.3. The Bertz CT molecular complexity index is 4470. The number of fused-ring (bicyclic) bond motifs is 2. The predicted octanol–water partition coefficient (Wildman–Crippen LogP) is 8.06. The van der Waals surface area contributed by atoms with E-state index in [-0.39, 0.29) is 110 Å². The van der Waals surface area contributed by atoms with Gasteiger partial charge in [0.1, 0.15) is 48.5 Å². The van der Waals surface area contributed by atoms with Crippen LogP contribution < -0.4 is 51.4 Å². The maximum Gasteiger partial charge on any atom is 0.254 e. The number of carbonyl (C=O) groups excluding carboxylic acids is 7. The lowest BCUT2D eigenvalue weighted by Gasteiger charge is -2.43. The van der Waals surface area contributed by atoms with Crippen molar-refractivity contribution in [1.82, 2.24) is 55.5 Å². The zero-order valence-corrected chi connectivity index (χ0v) is 67.9. The molecule has 117 heavy (non-hydrogen) atoms. The third-order valence-corrected chi connectivity index (χ3v) is 24.1. The van der Waals surface area contributed by atoms with E-state index in [1.165, 1.54) is 22.0 Å². The van der Waals surface area contributed by atoms with Gasteiger partial charge in [0.2, 0.25) is 35.4 Å². The summed E-state index contributed by atoms with van der Waals surface area (Å²) in [5, 5.41) is 42.6. The van der Waals surface area contributed by atoms with Crippen LogP contribution in [0.3, 0.4) is 0 Å². The molecule has 4 saturated heterocycles. The number of primary amides is 1. The molecule has 7 amide bonds. The van der Waals surface area contributed by atoms with Crippen molar-refractivity contribution < 1.29 is 62.1 Å². The number of carbonyl (C=O) groups is 7. The van der Waals surface area contributed by atoms with E-state index in [1.807, 2.05) is 95.7 Å². The molecule has 5 aliphatic heterocycles. The molecule has 2 saturated carbocycles. The Morgan fingerprint density at radius 2 is 1.50 bits per heavy atom.